The number of hydrogen-bond donors (Lipinski definition) is 2. The number of urea groups is 1. The van der Waals surface area contributed by atoms with Gasteiger partial charge in [0.25, 0.3) is 11.8 Å². The third-order valence-corrected chi connectivity index (χ3v) is 5.86. The van der Waals surface area contributed by atoms with Gasteiger partial charge in [0.2, 0.25) is 0 Å². The van der Waals surface area contributed by atoms with Crippen LogP contribution in [0.4, 0.5) is 10.6 Å². The number of carbonyl (C=O) groups is 4. The minimum absolute atomic E-state index is 0.141. The number of esters is 1. The van der Waals surface area contributed by atoms with Gasteiger partial charge in [0.05, 0.1) is 0 Å². The summed E-state index contributed by atoms with van der Waals surface area (Å²) in [6, 6.07) is 0.912. The topological polar surface area (TPSA) is 131 Å². The first-order valence-electron chi connectivity index (χ1n) is 10.0. The van der Waals surface area contributed by atoms with Crippen LogP contribution in [0.15, 0.2) is 10.6 Å². The zero-order chi connectivity index (χ0) is 22.1. The number of aromatic nitrogens is 1. The molecule has 3 rings (SSSR count). The largest absolute Gasteiger partial charge is 0.454 e. The van der Waals surface area contributed by atoms with Gasteiger partial charge in [-0.25, -0.2) is 4.79 Å². The molecule has 10 heteroatoms. The quantitative estimate of drug-likeness (QED) is 0.550. The molecule has 1 saturated heterocycles. The van der Waals surface area contributed by atoms with Crippen LogP contribution in [0.1, 0.15) is 52.2 Å². The maximum Gasteiger partial charge on any atom is 0.326 e. The molecule has 0 aromatic carbocycles. The molecule has 2 N–H and O–H groups in total. The third-order valence-electron chi connectivity index (χ3n) is 5.86. The number of amides is 4. The lowest BCUT2D eigenvalue weighted by molar-refractivity contribution is -0.150. The molecule has 0 atom stereocenters. The van der Waals surface area contributed by atoms with E-state index in [0.29, 0.717) is 24.5 Å². The maximum absolute atomic E-state index is 12.9. The number of carbonyl (C=O) groups excluding carboxylic acids is 4. The van der Waals surface area contributed by atoms with Crippen LogP contribution in [0.25, 0.3) is 0 Å². The predicted octanol–water partition coefficient (Wildman–Crippen LogP) is 1.99. The lowest BCUT2D eigenvalue weighted by Crippen LogP contribution is -2.50. The molecule has 0 unspecified atom stereocenters. The average Bonchev–Trinajstić information content (AvgIpc) is 3.16. The molecule has 0 bridgehead atoms. The smallest absolute Gasteiger partial charge is 0.326 e. The summed E-state index contributed by atoms with van der Waals surface area (Å²) in [5.74, 6) is -0.656. The number of ether oxygens (including phenoxy) is 1. The first kappa shape index (κ1) is 21.8. The third kappa shape index (κ3) is 4.63. The van der Waals surface area contributed by atoms with Crippen molar-refractivity contribution in [2.24, 2.45) is 11.3 Å². The summed E-state index contributed by atoms with van der Waals surface area (Å²) in [6.45, 7) is 7.09. The van der Waals surface area contributed by atoms with E-state index in [9.17, 15) is 19.2 Å². The predicted molar refractivity (Wildman–Crippen MR) is 105 cm³/mol. The molecule has 1 aromatic rings. The van der Waals surface area contributed by atoms with Crippen LogP contribution in [0.3, 0.4) is 0 Å². The highest BCUT2D eigenvalue weighted by molar-refractivity contribution is 6.08. The van der Waals surface area contributed by atoms with Gasteiger partial charge < -0.3 is 19.9 Å². The van der Waals surface area contributed by atoms with E-state index in [1.54, 1.807) is 6.92 Å². The van der Waals surface area contributed by atoms with Crippen LogP contribution in [0.5, 0.6) is 0 Å². The molecule has 1 aliphatic carbocycles. The highest BCUT2D eigenvalue weighted by Gasteiger charge is 2.53. The zero-order valence-electron chi connectivity index (χ0n) is 17.7. The number of nitrogens with zero attached hydrogens (tertiary/aromatic N) is 2. The number of imide groups is 1. The summed E-state index contributed by atoms with van der Waals surface area (Å²) in [5.41, 5.74) is -0.802. The number of nitrogens with one attached hydrogen (secondary N) is 2. The van der Waals surface area contributed by atoms with Gasteiger partial charge in [-0.1, -0.05) is 25.9 Å². The molecule has 1 saturated carbocycles. The Labute approximate surface area is 174 Å². The minimum atomic E-state index is -0.943. The fraction of sp³-hybridized carbons (Fsp3) is 0.650. The molecular weight excluding hydrogens is 392 g/mol. The maximum atomic E-state index is 12.9. The summed E-state index contributed by atoms with van der Waals surface area (Å²) in [4.78, 5) is 50.0. The Hall–Kier alpha value is -2.91. The Morgan fingerprint density at radius 3 is 2.57 bits per heavy atom. The number of hydrogen-bond acceptors (Lipinski definition) is 7. The van der Waals surface area contributed by atoms with Crippen LogP contribution < -0.4 is 10.6 Å². The van der Waals surface area contributed by atoms with E-state index in [1.807, 2.05) is 0 Å². The fourth-order valence-corrected chi connectivity index (χ4v) is 4.06. The molecule has 4 amide bonds. The van der Waals surface area contributed by atoms with E-state index >= 15 is 0 Å². The van der Waals surface area contributed by atoms with Crippen molar-refractivity contribution >= 4 is 29.6 Å². The highest BCUT2D eigenvalue weighted by atomic mass is 16.5. The standard InChI is InChI=1S/C20H28N4O6/c1-12-9-14(23-30-12)21-15(25)11-29-16(26)10-24-17(27)20(22-18(24)28)7-5-13(6-8-20)19(2,3)4/h9,13H,5-8,10-11H2,1-4H3,(H,22,28)(H,21,23,25). The monoisotopic (exact) mass is 420 g/mol. The van der Waals surface area contributed by atoms with Gasteiger partial charge >= 0.3 is 12.0 Å². The summed E-state index contributed by atoms with van der Waals surface area (Å²) < 4.78 is 9.72. The Morgan fingerprint density at radius 1 is 1.33 bits per heavy atom. The molecule has 2 heterocycles. The van der Waals surface area contributed by atoms with E-state index in [0.717, 1.165) is 17.7 Å². The van der Waals surface area contributed by atoms with Crippen LogP contribution >= 0.6 is 0 Å². The van der Waals surface area contributed by atoms with Crippen LogP contribution in [-0.4, -0.2) is 52.6 Å². The van der Waals surface area contributed by atoms with Gasteiger partial charge in [0, 0.05) is 6.07 Å². The van der Waals surface area contributed by atoms with Gasteiger partial charge in [-0.05, 0) is 43.9 Å². The van der Waals surface area contributed by atoms with Crippen molar-refractivity contribution in [2.75, 3.05) is 18.5 Å². The van der Waals surface area contributed by atoms with Gasteiger partial charge in [0.1, 0.15) is 17.8 Å². The second kappa shape index (κ2) is 8.08. The first-order chi connectivity index (χ1) is 14.0. The second-order valence-corrected chi connectivity index (χ2v) is 9.08. The lowest BCUT2D eigenvalue weighted by Gasteiger charge is -2.40. The fourth-order valence-electron chi connectivity index (χ4n) is 4.06. The van der Waals surface area contributed by atoms with Crippen molar-refractivity contribution in [3.05, 3.63) is 11.8 Å². The van der Waals surface area contributed by atoms with Gasteiger partial charge in [0.15, 0.2) is 12.4 Å². The van der Waals surface area contributed by atoms with E-state index in [-0.39, 0.29) is 11.2 Å². The summed E-state index contributed by atoms with van der Waals surface area (Å²) in [5, 5.41) is 8.79. The Balaban J connectivity index is 1.50. The van der Waals surface area contributed by atoms with Crippen LogP contribution in [0.2, 0.25) is 0 Å². The number of rotatable bonds is 5. The second-order valence-electron chi connectivity index (χ2n) is 9.08. The highest BCUT2D eigenvalue weighted by Crippen LogP contribution is 2.43. The summed E-state index contributed by atoms with van der Waals surface area (Å²) in [7, 11) is 0. The average molecular weight is 420 g/mol. The van der Waals surface area contributed by atoms with E-state index < -0.39 is 42.5 Å². The normalized spacial score (nSPS) is 24.1. The number of aryl methyl sites for hydroxylation is 1. The Bertz CT molecular complexity index is 848. The van der Waals surface area contributed by atoms with Gasteiger partial charge in [-0.3, -0.25) is 19.3 Å². The molecular formula is C20H28N4O6. The molecule has 2 fully saturated rings. The van der Waals surface area contributed by atoms with Crippen molar-refractivity contribution in [3.63, 3.8) is 0 Å². The Morgan fingerprint density at radius 2 is 2.00 bits per heavy atom. The van der Waals surface area contributed by atoms with E-state index in [4.69, 9.17) is 9.26 Å². The zero-order valence-corrected chi connectivity index (χ0v) is 17.7. The van der Waals surface area contributed by atoms with E-state index in [2.05, 4.69) is 36.6 Å². The molecule has 0 radical (unpaired) electrons. The van der Waals surface area contributed by atoms with Crippen molar-refractivity contribution in [1.29, 1.82) is 0 Å². The lowest BCUT2D eigenvalue weighted by atomic mass is 9.67. The van der Waals surface area contributed by atoms with Gasteiger partial charge in [-0.2, -0.15) is 0 Å². The molecule has 1 aliphatic heterocycles. The molecule has 2 aliphatic rings. The SMILES string of the molecule is Cc1cc(NC(=O)COC(=O)CN2C(=O)NC3(CCC(C(C)(C)C)CC3)C2=O)no1. The number of anilines is 1. The summed E-state index contributed by atoms with van der Waals surface area (Å²) in [6.07, 6.45) is 2.75. The van der Waals surface area contributed by atoms with Crippen LogP contribution in [0, 0.1) is 18.3 Å². The van der Waals surface area contributed by atoms with Crippen molar-refractivity contribution < 1.29 is 28.4 Å². The molecule has 30 heavy (non-hydrogen) atoms. The Kier molecular flexibility index (Phi) is 5.87. The molecule has 1 spiro atoms. The molecule has 1 aromatic heterocycles. The molecule has 164 valence electrons. The van der Waals surface area contributed by atoms with Crippen molar-refractivity contribution in [1.82, 2.24) is 15.4 Å². The van der Waals surface area contributed by atoms with E-state index in [1.165, 1.54) is 6.07 Å². The van der Waals surface area contributed by atoms with Gasteiger partial charge in [-0.15, -0.1) is 0 Å². The summed E-state index contributed by atoms with van der Waals surface area (Å²) >= 11 is 0. The first-order valence-corrected chi connectivity index (χ1v) is 10.0. The van der Waals surface area contributed by atoms with Crippen molar-refractivity contribution in [3.8, 4) is 0 Å². The molecule has 10 nitrogen and oxygen atoms in total. The van der Waals surface area contributed by atoms with Crippen LogP contribution in [-0.2, 0) is 19.1 Å². The minimum Gasteiger partial charge on any atom is -0.454 e. The van der Waals surface area contributed by atoms with Crippen molar-refractivity contribution in [2.45, 2.75) is 58.9 Å².